The van der Waals surface area contributed by atoms with Gasteiger partial charge in [-0.1, -0.05) is 140 Å². The van der Waals surface area contributed by atoms with Crippen molar-refractivity contribution >= 4 is 87.4 Å². The van der Waals surface area contributed by atoms with E-state index >= 15 is 0 Å². The van der Waals surface area contributed by atoms with Crippen molar-refractivity contribution in [2.24, 2.45) is 0 Å². The molecular formula is C54H32N4O. The Hall–Kier alpha value is -8.02. The molecule has 0 aliphatic heterocycles. The third-order valence-electron chi connectivity index (χ3n) is 12.1. The highest BCUT2D eigenvalue weighted by Gasteiger charge is 2.26. The summed E-state index contributed by atoms with van der Waals surface area (Å²) in [6.45, 7) is 0. The zero-order chi connectivity index (χ0) is 38.6. The van der Waals surface area contributed by atoms with Crippen LogP contribution in [0.5, 0.6) is 0 Å². The van der Waals surface area contributed by atoms with Crippen LogP contribution in [-0.4, -0.2) is 19.1 Å². The lowest BCUT2D eigenvalue weighted by Crippen LogP contribution is -2.03. The molecule has 0 N–H and O–H groups in total. The summed E-state index contributed by atoms with van der Waals surface area (Å²) in [7, 11) is 0. The van der Waals surface area contributed by atoms with Gasteiger partial charge in [-0.05, 0) is 87.3 Å². The molecule has 59 heavy (non-hydrogen) atoms. The Balaban J connectivity index is 1.21. The van der Waals surface area contributed by atoms with E-state index in [4.69, 9.17) is 14.4 Å². The molecule has 0 aliphatic carbocycles. The highest BCUT2D eigenvalue weighted by atomic mass is 16.3. The molecule has 5 nitrogen and oxygen atoms in total. The van der Waals surface area contributed by atoms with Crippen molar-refractivity contribution in [2.75, 3.05) is 0 Å². The summed E-state index contributed by atoms with van der Waals surface area (Å²) < 4.78 is 11.4. The molecular weight excluding hydrogens is 721 g/mol. The molecule has 0 saturated carbocycles. The average molecular weight is 753 g/mol. The van der Waals surface area contributed by atoms with Gasteiger partial charge in [-0.2, -0.15) is 0 Å². The van der Waals surface area contributed by atoms with Crippen molar-refractivity contribution in [3.63, 3.8) is 0 Å². The van der Waals surface area contributed by atoms with E-state index in [2.05, 4.69) is 191 Å². The van der Waals surface area contributed by atoms with Gasteiger partial charge in [0.15, 0.2) is 5.82 Å². The number of aromatic nitrogens is 4. The zero-order valence-electron chi connectivity index (χ0n) is 31.7. The lowest BCUT2D eigenvalue weighted by molar-refractivity contribution is 0.653. The standard InChI is InChI=1S/C54H32N4O/c1-3-14-33(15-4-1)37-27-29-48-43(31-37)52-54(59-48)56-51(41-23-13-25-45-50(41)40-22-11-12-24-44(40)57(45)38-19-5-2-6-20-38)53(55-52)58-46-28-26-34-16-9-10-21-39(34)49(46)42-30-35-17-7-8-18-36(35)32-47(42)58/h1-32H. The van der Waals surface area contributed by atoms with Crippen LogP contribution in [0.4, 0.5) is 0 Å². The first-order valence-electron chi connectivity index (χ1n) is 20.0. The molecule has 0 radical (unpaired) electrons. The maximum absolute atomic E-state index is 6.65. The van der Waals surface area contributed by atoms with Gasteiger partial charge in [0, 0.05) is 38.2 Å². The third kappa shape index (κ3) is 4.67. The fourth-order valence-corrected chi connectivity index (χ4v) is 9.49. The Bertz CT molecular complexity index is 3840. The fraction of sp³-hybridized carbons (Fsp3) is 0. The van der Waals surface area contributed by atoms with E-state index in [0.29, 0.717) is 5.71 Å². The van der Waals surface area contributed by atoms with E-state index in [9.17, 15) is 0 Å². The van der Waals surface area contributed by atoms with E-state index in [1.54, 1.807) is 0 Å². The molecule has 0 unspecified atom stereocenters. The van der Waals surface area contributed by atoms with E-state index in [1.165, 1.54) is 32.3 Å². The minimum atomic E-state index is 0.504. The number of benzene rings is 9. The Morgan fingerprint density at radius 2 is 1.08 bits per heavy atom. The van der Waals surface area contributed by atoms with Gasteiger partial charge in [0.2, 0.25) is 5.71 Å². The van der Waals surface area contributed by atoms with Gasteiger partial charge in [-0.15, -0.1) is 0 Å². The molecule has 0 bridgehead atoms. The maximum atomic E-state index is 6.65. The van der Waals surface area contributed by atoms with E-state index < -0.39 is 0 Å². The molecule has 0 amide bonds. The van der Waals surface area contributed by atoms with Crippen molar-refractivity contribution in [2.45, 2.75) is 0 Å². The smallest absolute Gasteiger partial charge is 0.247 e. The topological polar surface area (TPSA) is 48.8 Å². The summed E-state index contributed by atoms with van der Waals surface area (Å²) in [5.41, 5.74) is 11.4. The summed E-state index contributed by atoms with van der Waals surface area (Å²) >= 11 is 0. The third-order valence-corrected chi connectivity index (χ3v) is 12.1. The quantitative estimate of drug-likeness (QED) is 0.180. The summed E-state index contributed by atoms with van der Waals surface area (Å²) in [5.74, 6) is 0.750. The van der Waals surface area contributed by atoms with Crippen molar-refractivity contribution in [1.82, 2.24) is 19.1 Å². The molecule has 5 heteroatoms. The van der Waals surface area contributed by atoms with Crippen molar-refractivity contribution in [1.29, 1.82) is 0 Å². The molecule has 0 saturated heterocycles. The number of hydrogen-bond donors (Lipinski definition) is 0. The molecule has 4 aromatic heterocycles. The highest BCUT2D eigenvalue weighted by Crippen LogP contribution is 2.44. The summed E-state index contributed by atoms with van der Waals surface area (Å²) in [6, 6.07) is 69.0. The molecule has 0 aliphatic rings. The van der Waals surface area contributed by atoms with Crippen molar-refractivity contribution < 1.29 is 4.42 Å². The van der Waals surface area contributed by atoms with Crippen LogP contribution in [0.2, 0.25) is 0 Å². The number of fused-ring (bicyclic) bond motifs is 12. The Morgan fingerprint density at radius 1 is 0.390 bits per heavy atom. The second-order valence-corrected chi connectivity index (χ2v) is 15.3. The summed E-state index contributed by atoms with van der Waals surface area (Å²) in [4.78, 5) is 11.3. The van der Waals surface area contributed by atoms with Crippen molar-refractivity contribution in [3.05, 3.63) is 194 Å². The lowest BCUT2D eigenvalue weighted by Gasteiger charge is -2.14. The van der Waals surface area contributed by atoms with Crippen molar-refractivity contribution in [3.8, 4) is 33.9 Å². The second kappa shape index (κ2) is 12.2. The minimum absolute atomic E-state index is 0.504. The van der Waals surface area contributed by atoms with Gasteiger partial charge < -0.3 is 8.98 Å². The lowest BCUT2D eigenvalue weighted by atomic mass is 10.0. The van der Waals surface area contributed by atoms with Crippen LogP contribution in [0, 0.1) is 0 Å². The summed E-state index contributed by atoms with van der Waals surface area (Å²) in [5, 5.41) is 10.3. The van der Waals surface area contributed by atoms with Gasteiger partial charge in [-0.3, -0.25) is 4.57 Å². The molecule has 0 spiro atoms. The number of nitrogens with zero attached hydrogens (tertiary/aromatic N) is 4. The van der Waals surface area contributed by atoms with Crippen LogP contribution >= 0.6 is 0 Å². The average Bonchev–Trinajstić information content (AvgIpc) is 3.95. The van der Waals surface area contributed by atoms with Crippen LogP contribution in [-0.2, 0) is 0 Å². The van der Waals surface area contributed by atoms with Crippen LogP contribution < -0.4 is 0 Å². The number of rotatable bonds is 4. The van der Waals surface area contributed by atoms with E-state index in [-0.39, 0.29) is 0 Å². The summed E-state index contributed by atoms with van der Waals surface area (Å²) in [6.07, 6.45) is 0. The monoisotopic (exact) mass is 752 g/mol. The van der Waals surface area contributed by atoms with Gasteiger partial charge >= 0.3 is 0 Å². The Kier molecular flexibility index (Phi) is 6.66. The van der Waals surface area contributed by atoms with Crippen LogP contribution in [0.1, 0.15) is 0 Å². The normalized spacial score (nSPS) is 12.1. The zero-order valence-corrected chi connectivity index (χ0v) is 31.7. The SMILES string of the molecule is c1ccc(-c2ccc3oc4nc(-c5cccc6c5c5ccccc5n6-c5ccccc5)c(-n5c6cc7ccccc7cc6c6c7ccccc7ccc65)nc4c3c2)cc1. The van der Waals surface area contributed by atoms with Gasteiger partial charge in [0.1, 0.15) is 16.8 Å². The van der Waals surface area contributed by atoms with Crippen LogP contribution in [0.15, 0.2) is 199 Å². The molecule has 13 rings (SSSR count). The van der Waals surface area contributed by atoms with Crippen LogP contribution in [0.25, 0.3) is 121 Å². The minimum Gasteiger partial charge on any atom is -0.436 e. The number of para-hydroxylation sites is 2. The molecule has 0 fully saturated rings. The predicted octanol–water partition coefficient (Wildman–Crippen LogP) is 14.2. The maximum Gasteiger partial charge on any atom is 0.247 e. The molecule has 9 aromatic carbocycles. The Labute approximate surface area is 337 Å². The first-order chi connectivity index (χ1) is 29.3. The van der Waals surface area contributed by atoms with E-state index in [0.717, 1.165) is 83.2 Å². The predicted molar refractivity (Wildman–Crippen MR) is 244 cm³/mol. The van der Waals surface area contributed by atoms with Gasteiger partial charge in [0.25, 0.3) is 0 Å². The molecule has 274 valence electrons. The first kappa shape index (κ1) is 32.1. The Morgan fingerprint density at radius 3 is 1.93 bits per heavy atom. The molecule has 0 atom stereocenters. The number of furan rings is 1. The van der Waals surface area contributed by atoms with E-state index in [1.807, 2.05) is 12.1 Å². The van der Waals surface area contributed by atoms with Gasteiger partial charge in [0.05, 0.1) is 22.1 Å². The second-order valence-electron chi connectivity index (χ2n) is 15.3. The van der Waals surface area contributed by atoms with Crippen LogP contribution in [0.3, 0.4) is 0 Å². The first-order valence-corrected chi connectivity index (χ1v) is 20.0. The number of hydrogen-bond acceptors (Lipinski definition) is 3. The molecule has 13 aromatic rings. The highest BCUT2D eigenvalue weighted by molar-refractivity contribution is 6.24. The van der Waals surface area contributed by atoms with Gasteiger partial charge in [-0.25, -0.2) is 9.97 Å². The largest absolute Gasteiger partial charge is 0.436 e. The fourth-order valence-electron chi connectivity index (χ4n) is 9.49. The molecule has 4 heterocycles.